The summed E-state index contributed by atoms with van der Waals surface area (Å²) in [7, 11) is 0. The van der Waals surface area contributed by atoms with Crippen LogP contribution in [0.25, 0.3) is 0 Å². The third-order valence-electron chi connectivity index (χ3n) is 3.23. The zero-order valence-electron chi connectivity index (χ0n) is 13.3. The summed E-state index contributed by atoms with van der Waals surface area (Å²) in [5.41, 5.74) is 1.23. The van der Waals surface area contributed by atoms with Gasteiger partial charge in [-0.1, -0.05) is 13.0 Å². The lowest BCUT2D eigenvalue weighted by molar-refractivity contribution is 0.799. The second kappa shape index (κ2) is 9.20. The molecule has 118 valence electrons. The molecule has 0 saturated heterocycles. The summed E-state index contributed by atoms with van der Waals surface area (Å²) in [6.07, 6.45) is 5.74. The van der Waals surface area contributed by atoms with Gasteiger partial charge in [0.05, 0.1) is 6.54 Å². The summed E-state index contributed by atoms with van der Waals surface area (Å²) < 4.78 is 0. The zero-order valence-corrected chi connectivity index (χ0v) is 14.1. The predicted molar refractivity (Wildman–Crippen MR) is 94.5 cm³/mol. The maximum absolute atomic E-state index is 4.65. The maximum atomic E-state index is 4.65. The molecule has 2 aromatic heterocycles. The SMILES string of the molecule is CCNC(=NCc1ccc(CC)s1)NCCc1cccnc1. The van der Waals surface area contributed by atoms with Crippen LogP contribution in [0.3, 0.4) is 0 Å². The monoisotopic (exact) mass is 316 g/mol. The normalized spacial score (nSPS) is 11.5. The highest BCUT2D eigenvalue weighted by Crippen LogP contribution is 2.17. The molecular weight excluding hydrogens is 292 g/mol. The van der Waals surface area contributed by atoms with Gasteiger partial charge in [0.25, 0.3) is 0 Å². The molecule has 0 atom stereocenters. The average molecular weight is 316 g/mol. The number of nitrogens with zero attached hydrogens (tertiary/aromatic N) is 2. The highest BCUT2D eigenvalue weighted by atomic mass is 32.1. The molecule has 0 saturated carbocycles. The number of thiophene rings is 1. The summed E-state index contributed by atoms with van der Waals surface area (Å²) in [6, 6.07) is 8.43. The van der Waals surface area contributed by atoms with E-state index in [0.29, 0.717) is 0 Å². The van der Waals surface area contributed by atoms with Crippen molar-refractivity contribution in [3.05, 3.63) is 52.0 Å². The molecule has 0 fully saturated rings. The topological polar surface area (TPSA) is 49.3 Å². The number of aliphatic imine (C=N–C) groups is 1. The Morgan fingerprint density at radius 2 is 2.05 bits per heavy atom. The largest absolute Gasteiger partial charge is 0.357 e. The summed E-state index contributed by atoms with van der Waals surface area (Å²) in [5, 5.41) is 6.66. The first kappa shape index (κ1) is 16.5. The molecule has 2 aromatic rings. The molecule has 0 aliphatic carbocycles. The van der Waals surface area contributed by atoms with Gasteiger partial charge in [0.15, 0.2) is 5.96 Å². The van der Waals surface area contributed by atoms with Gasteiger partial charge in [-0.25, -0.2) is 4.99 Å². The fourth-order valence-electron chi connectivity index (χ4n) is 2.07. The molecule has 0 bridgehead atoms. The van der Waals surface area contributed by atoms with Gasteiger partial charge < -0.3 is 10.6 Å². The van der Waals surface area contributed by atoms with Gasteiger partial charge in [0, 0.05) is 35.2 Å². The number of hydrogen-bond acceptors (Lipinski definition) is 3. The molecule has 0 spiro atoms. The van der Waals surface area contributed by atoms with Crippen molar-refractivity contribution < 1.29 is 0 Å². The van der Waals surface area contributed by atoms with E-state index in [1.54, 1.807) is 6.20 Å². The lowest BCUT2D eigenvalue weighted by Gasteiger charge is -2.10. The molecule has 5 heteroatoms. The summed E-state index contributed by atoms with van der Waals surface area (Å²) in [4.78, 5) is 11.5. The van der Waals surface area contributed by atoms with Crippen LogP contribution in [0.5, 0.6) is 0 Å². The average Bonchev–Trinajstić information content (AvgIpc) is 3.02. The Hall–Kier alpha value is -1.88. The van der Waals surface area contributed by atoms with Gasteiger partial charge in [-0.05, 0) is 43.5 Å². The van der Waals surface area contributed by atoms with E-state index in [-0.39, 0.29) is 0 Å². The molecule has 0 aliphatic rings. The number of guanidine groups is 1. The maximum Gasteiger partial charge on any atom is 0.191 e. The highest BCUT2D eigenvalue weighted by molar-refractivity contribution is 7.11. The van der Waals surface area contributed by atoms with Crippen LogP contribution in [-0.2, 0) is 19.4 Å². The van der Waals surface area contributed by atoms with Crippen LogP contribution in [0, 0.1) is 0 Å². The number of hydrogen-bond donors (Lipinski definition) is 2. The van der Waals surface area contributed by atoms with Gasteiger partial charge in [-0.2, -0.15) is 0 Å². The minimum Gasteiger partial charge on any atom is -0.357 e. The second-order valence-corrected chi connectivity index (χ2v) is 6.21. The first-order valence-corrected chi connectivity index (χ1v) is 8.62. The molecule has 22 heavy (non-hydrogen) atoms. The van der Waals surface area contributed by atoms with E-state index in [9.17, 15) is 0 Å². The van der Waals surface area contributed by atoms with Gasteiger partial charge in [0.2, 0.25) is 0 Å². The van der Waals surface area contributed by atoms with Crippen molar-refractivity contribution in [2.24, 2.45) is 4.99 Å². The molecular formula is C17H24N4S. The molecule has 2 N–H and O–H groups in total. The molecule has 2 heterocycles. The van der Waals surface area contributed by atoms with E-state index in [0.717, 1.165) is 38.4 Å². The van der Waals surface area contributed by atoms with Crippen molar-refractivity contribution in [1.29, 1.82) is 0 Å². The number of aromatic nitrogens is 1. The van der Waals surface area contributed by atoms with E-state index >= 15 is 0 Å². The third kappa shape index (κ3) is 5.48. The predicted octanol–water partition coefficient (Wildman–Crippen LogP) is 3.00. The van der Waals surface area contributed by atoms with Gasteiger partial charge >= 0.3 is 0 Å². The highest BCUT2D eigenvalue weighted by Gasteiger charge is 2.00. The smallest absolute Gasteiger partial charge is 0.191 e. The van der Waals surface area contributed by atoms with Gasteiger partial charge in [-0.3, -0.25) is 4.98 Å². The second-order valence-electron chi connectivity index (χ2n) is 4.95. The molecule has 0 unspecified atom stereocenters. The Kier molecular flexibility index (Phi) is 6.90. The minimum atomic E-state index is 0.729. The molecule has 4 nitrogen and oxygen atoms in total. The molecule has 0 radical (unpaired) electrons. The van der Waals surface area contributed by atoms with Gasteiger partial charge in [0.1, 0.15) is 0 Å². The number of pyridine rings is 1. The van der Waals surface area contributed by atoms with E-state index in [1.807, 2.05) is 23.6 Å². The summed E-state index contributed by atoms with van der Waals surface area (Å²) in [5.74, 6) is 0.873. The van der Waals surface area contributed by atoms with Crippen molar-refractivity contribution in [2.45, 2.75) is 33.2 Å². The van der Waals surface area contributed by atoms with Crippen LogP contribution >= 0.6 is 11.3 Å². The molecule has 0 amide bonds. The fraction of sp³-hybridized carbons (Fsp3) is 0.412. The zero-order chi connectivity index (χ0) is 15.6. The Balaban J connectivity index is 1.84. The Labute approximate surface area is 136 Å². The van der Waals surface area contributed by atoms with Crippen LogP contribution in [0.2, 0.25) is 0 Å². The first-order valence-electron chi connectivity index (χ1n) is 7.80. The molecule has 0 aromatic carbocycles. The van der Waals surface area contributed by atoms with E-state index in [1.165, 1.54) is 15.3 Å². The number of nitrogens with one attached hydrogen (secondary N) is 2. The van der Waals surface area contributed by atoms with Crippen molar-refractivity contribution in [3.8, 4) is 0 Å². The first-order chi connectivity index (χ1) is 10.8. The lowest BCUT2D eigenvalue weighted by Crippen LogP contribution is -2.38. The van der Waals surface area contributed by atoms with Gasteiger partial charge in [-0.15, -0.1) is 11.3 Å². The van der Waals surface area contributed by atoms with Crippen molar-refractivity contribution in [1.82, 2.24) is 15.6 Å². The standard InChI is InChI=1S/C17H24N4S/c1-3-15-7-8-16(22-15)13-21-17(19-4-2)20-11-9-14-6-5-10-18-12-14/h5-8,10,12H,3-4,9,11,13H2,1-2H3,(H2,19,20,21). The van der Waals surface area contributed by atoms with Crippen molar-refractivity contribution in [3.63, 3.8) is 0 Å². The van der Waals surface area contributed by atoms with Crippen LogP contribution < -0.4 is 10.6 Å². The molecule has 0 aliphatic heterocycles. The Morgan fingerprint density at radius 1 is 1.18 bits per heavy atom. The Morgan fingerprint density at radius 3 is 2.73 bits per heavy atom. The van der Waals surface area contributed by atoms with Crippen molar-refractivity contribution >= 4 is 17.3 Å². The third-order valence-corrected chi connectivity index (χ3v) is 4.45. The summed E-state index contributed by atoms with van der Waals surface area (Å²) in [6.45, 7) is 6.71. The quantitative estimate of drug-likeness (QED) is 0.610. The van der Waals surface area contributed by atoms with E-state index in [4.69, 9.17) is 0 Å². The Bertz CT molecular complexity index is 577. The fourth-order valence-corrected chi connectivity index (χ4v) is 2.95. The minimum absolute atomic E-state index is 0.729. The van der Waals surface area contributed by atoms with E-state index < -0.39 is 0 Å². The number of rotatable bonds is 7. The lowest BCUT2D eigenvalue weighted by atomic mass is 10.2. The van der Waals surface area contributed by atoms with Crippen LogP contribution in [0.1, 0.15) is 29.2 Å². The molecule has 2 rings (SSSR count). The van der Waals surface area contributed by atoms with Crippen LogP contribution in [0.4, 0.5) is 0 Å². The summed E-state index contributed by atoms with van der Waals surface area (Å²) >= 11 is 1.84. The van der Waals surface area contributed by atoms with Crippen LogP contribution in [0.15, 0.2) is 41.7 Å². The number of aryl methyl sites for hydroxylation is 1. The van der Waals surface area contributed by atoms with Crippen molar-refractivity contribution in [2.75, 3.05) is 13.1 Å². The van der Waals surface area contributed by atoms with E-state index in [2.05, 4.69) is 52.7 Å². The van der Waals surface area contributed by atoms with Crippen LogP contribution in [-0.4, -0.2) is 24.0 Å².